The van der Waals surface area contributed by atoms with Crippen LogP contribution in [0.1, 0.15) is 116 Å². The standard InChI is InChI=1S/C22H39NO7S.Na/c1-2-3-4-5-6-7-8-9-10-11-12-13-14-15-16-17-21(25)30-23-20(24)18-19(22(23)26)31(27,28)29;/h19H,2-18H2,1H3,(H,27,28,29);/q;+1. The zero-order valence-electron chi connectivity index (χ0n) is 19.9. The molecule has 0 aromatic rings. The molecule has 1 N–H and O–H groups in total. The number of amides is 2. The van der Waals surface area contributed by atoms with Crippen LogP contribution in [0.25, 0.3) is 0 Å². The van der Waals surface area contributed by atoms with Crippen LogP contribution in [-0.4, -0.2) is 41.1 Å². The molecule has 8 nitrogen and oxygen atoms in total. The zero-order chi connectivity index (χ0) is 23.1. The molecule has 180 valence electrons. The first-order valence-corrected chi connectivity index (χ1v) is 13.3. The van der Waals surface area contributed by atoms with Gasteiger partial charge in [0.15, 0.2) is 5.25 Å². The summed E-state index contributed by atoms with van der Waals surface area (Å²) in [5.74, 6) is -2.93. The first kappa shape index (κ1) is 31.5. The number of rotatable bonds is 18. The van der Waals surface area contributed by atoms with Crippen molar-refractivity contribution in [1.82, 2.24) is 5.06 Å². The van der Waals surface area contributed by atoms with Crippen molar-refractivity contribution < 1.29 is 61.7 Å². The third-order valence-corrected chi connectivity index (χ3v) is 6.69. The minimum absolute atomic E-state index is 0. The second-order valence-electron chi connectivity index (χ2n) is 8.40. The molecule has 1 aliphatic heterocycles. The zero-order valence-corrected chi connectivity index (χ0v) is 22.7. The SMILES string of the molecule is CCCCCCCCCCCCCCCCCC(=O)ON1C(=O)CC(S(=O)(=O)O)C1=O.[Na+]. The molecule has 2 amide bonds. The van der Waals surface area contributed by atoms with Crippen molar-refractivity contribution in [3.63, 3.8) is 0 Å². The van der Waals surface area contributed by atoms with Crippen LogP contribution in [-0.2, 0) is 29.3 Å². The summed E-state index contributed by atoms with van der Waals surface area (Å²) >= 11 is 0. The van der Waals surface area contributed by atoms with Gasteiger partial charge in [0.05, 0.1) is 6.42 Å². The Balaban J connectivity index is 0.00000961. The molecule has 0 aromatic carbocycles. The normalized spacial score (nSPS) is 16.3. The van der Waals surface area contributed by atoms with E-state index < -0.39 is 39.6 Å². The van der Waals surface area contributed by atoms with Crippen molar-refractivity contribution >= 4 is 27.9 Å². The average Bonchev–Trinajstić information content (AvgIpc) is 2.99. The number of carbonyl (C=O) groups is 3. The van der Waals surface area contributed by atoms with Crippen LogP contribution in [0.2, 0.25) is 0 Å². The van der Waals surface area contributed by atoms with E-state index in [1.54, 1.807) is 0 Å². The van der Waals surface area contributed by atoms with Crippen LogP contribution in [0.15, 0.2) is 0 Å². The van der Waals surface area contributed by atoms with E-state index in [-0.39, 0.29) is 41.0 Å². The summed E-state index contributed by atoms with van der Waals surface area (Å²) in [7, 11) is -4.70. The second-order valence-corrected chi connectivity index (χ2v) is 10.00. The third kappa shape index (κ3) is 13.3. The van der Waals surface area contributed by atoms with Gasteiger partial charge in [-0.2, -0.15) is 8.42 Å². The fourth-order valence-corrected chi connectivity index (χ4v) is 4.40. The number of hydroxylamine groups is 2. The van der Waals surface area contributed by atoms with Crippen LogP contribution < -0.4 is 29.6 Å². The van der Waals surface area contributed by atoms with E-state index in [2.05, 4.69) is 6.92 Å². The third-order valence-electron chi connectivity index (χ3n) is 5.60. The first-order valence-electron chi connectivity index (χ1n) is 11.8. The minimum Gasteiger partial charge on any atom is -0.330 e. The summed E-state index contributed by atoms with van der Waals surface area (Å²) in [6.45, 7) is 2.24. The Morgan fingerprint density at radius 3 is 1.66 bits per heavy atom. The van der Waals surface area contributed by atoms with Crippen molar-refractivity contribution in [3.8, 4) is 0 Å². The second kappa shape index (κ2) is 17.9. The van der Waals surface area contributed by atoms with Gasteiger partial charge in [-0.3, -0.25) is 14.1 Å². The maximum atomic E-state index is 11.8. The van der Waals surface area contributed by atoms with Crippen LogP contribution in [0.5, 0.6) is 0 Å². The van der Waals surface area contributed by atoms with E-state index in [9.17, 15) is 22.8 Å². The van der Waals surface area contributed by atoms with Gasteiger partial charge in [-0.05, 0) is 6.42 Å². The summed E-state index contributed by atoms with van der Waals surface area (Å²) in [5, 5.41) is -1.73. The largest absolute Gasteiger partial charge is 1.00 e. The topological polar surface area (TPSA) is 118 Å². The molecule has 1 heterocycles. The Morgan fingerprint density at radius 2 is 1.28 bits per heavy atom. The first-order chi connectivity index (χ1) is 14.8. The fraction of sp³-hybridized carbons (Fsp3) is 0.864. The molecule has 1 rings (SSSR count). The molecule has 32 heavy (non-hydrogen) atoms. The minimum atomic E-state index is -4.70. The fourth-order valence-electron chi connectivity index (χ4n) is 3.70. The number of hydrogen-bond acceptors (Lipinski definition) is 6. The maximum absolute atomic E-state index is 11.8. The van der Waals surface area contributed by atoms with Crippen LogP contribution in [0.4, 0.5) is 0 Å². The summed E-state index contributed by atoms with van der Waals surface area (Å²) in [5.41, 5.74) is 0. The summed E-state index contributed by atoms with van der Waals surface area (Å²) in [6, 6.07) is 0. The number of imide groups is 1. The number of nitrogens with zero attached hydrogens (tertiary/aromatic N) is 1. The van der Waals surface area contributed by atoms with Gasteiger partial charge in [0.2, 0.25) is 0 Å². The average molecular weight is 485 g/mol. The molecule has 1 aliphatic rings. The van der Waals surface area contributed by atoms with E-state index in [1.165, 1.54) is 70.6 Å². The van der Waals surface area contributed by atoms with Gasteiger partial charge < -0.3 is 4.84 Å². The maximum Gasteiger partial charge on any atom is 1.00 e. The molecule has 1 fully saturated rings. The van der Waals surface area contributed by atoms with Gasteiger partial charge in [-0.1, -0.05) is 96.8 Å². The summed E-state index contributed by atoms with van der Waals surface area (Å²) in [4.78, 5) is 39.9. The van der Waals surface area contributed by atoms with Crippen molar-refractivity contribution in [1.29, 1.82) is 0 Å². The molecule has 0 aliphatic carbocycles. The summed E-state index contributed by atoms with van der Waals surface area (Å²) in [6.07, 6.45) is 17.4. The molecule has 0 radical (unpaired) electrons. The van der Waals surface area contributed by atoms with E-state index in [1.807, 2.05) is 0 Å². The van der Waals surface area contributed by atoms with Crippen LogP contribution in [0, 0.1) is 0 Å². The van der Waals surface area contributed by atoms with Crippen LogP contribution >= 0.6 is 0 Å². The van der Waals surface area contributed by atoms with Gasteiger partial charge in [0, 0.05) is 6.42 Å². The van der Waals surface area contributed by atoms with E-state index >= 15 is 0 Å². The van der Waals surface area contributed by atoms with Gasteiger partial charge in [-0.15, -0.1) is 5.06 Å². The molecule has 1 saturated heterocycles. The molecule has 0 spiro atoms. The van der Waals surface area contributed by atoms with Crippen molar-refractivity contribution in [3.05, 3.63) is 0 Å². The van der Waals surface area contributed by atoms with Crippen molar-refractivity contribution in [2.75, 3.05) is 0 Å². The van der Waals surface area contributed by atoms with Gasteiger partial charge in [0.1, 0.15) is 0 Å². The quantitative estimate of drug-likeness (QED) is 0.136. The predicted molar refractivity (Wildman–Crippen MR) is 117 cm³/mol. The van der Waals surface area contributed by atoms with Gasteiger partial charge in [0.25, 0.3) is 21.9 Å². The predicted octanol–water partition coefficient (Wildman–Crippen LogP) is 1.73. The molecule has 0 aromatic heterocycles. The van der Waals surface area contributed by atoms with Crippen LogP contribution in [0.3, 0.4) is 0 Å². The Hall–Kier alpha value is -0.480. The Morgan fingerprint density at radius 1 is 0.875 bits per heavy atom. The van der Waals surface area contributed by atoms with Gasteiger partial charge in [-0.25, -0.2) is 4.79 Å². The van der Waals surface area contributed by atoms with E-state index in [0.717, 1.165) is 19.3 Å². The molecular weight excluding hydrogens is 445 g/mol. The van der Waals surface area contributed by atoms with E-state index in [0.29, 0.717) is 6.42 Å². The van der Waals surface area contributed by atoms with Crippen molar-refractivity contribution in [2.24, 2.45) is 0 Å². The Bertz CT molecular complexity index is 669. The number of hydrogen-bond donors (Lipinski definition) is 1. The Kier molecular flexibility index (Phi) is 17.7. The molecule has 1 unspecified atom stereocenters. The molecular formula is C22H39NNaO7S+. The van der Waals surface area contributed by atoms with Crippen molar-refractivity contribution in [2.45, 2.75) is 121 Å². The molecule has 1 atom stereocenters. The summed E-state index contributed by atoms with van der Waals surface area (Å²) < 4.78 is 31.1. The molecule has 0 bridgehead atoms. The monoisotopic (exact) mass is 484 g/mol. The number of unbranched alkanes of at least 4 members (excludes halogenated alkanes) is 14. The molecule has 10 heteroatoms. The van der Waals surface area contributed by atoms with E-state index in [4.69, 9.17) is 9.39 Å². The van der Waals surface area contributed by atoms with Gasteiger partial charge >= 0.3 is 35.5 Å². The number of carbonyl (C=O) groups excluding carboxylic acids is 3. The smallest absolute Gasteiger partial charge is 0.330 e. The molecule has 0 saturated carbocycles. The Labute approximate surface area is 215 Å².